The zero-order valence-electron chi connectivity index (χ0n) is 18.0. The van der Waals surface area contributed by atoms with E-state index in [0.29, 0.717) is 19.1 Å². The number of nitrogens with one attached hydrogen (secondary N) is 1. The minimum Gasteiger partial charge on any atom is -0.378 e. The molecule has 6 heteroatoms. The number of aliphatic imine (C=N–C) groups is 1. The molecule has 2 unspecified atom stereocenters. The van der Waals surface area contributed by atoms with Crippen molar-refractivity contribution >= 4 is 11.9 Å². The van der Waals surface area contributed by atoms with Gasteiger partial charge >= 0.3 is 0 Å². The third-order valence-corrected chi connectivity index (χ3v) is 6.65. The highest BCUT2D eigenvalue weighted by Crippen LogP contribution is 2.30. The van der Waals surface area contributed by atoms with Gasteiger partial charge in [0, 0.05) is 45.2 Å². The number of morpholine rings is 1. The maximum atomic E-state index is 12.7. The summed E-state index contributed by atoms with van der Waals surface area (Å²) in [4.78, 5) is 22.0. The predicted octanol–water partition coefficient (Wildman–Crippen LogP) is 2.74. The quantitative estimate of drug-likeness (QED) is 0.577. The Morgan fingerprint density at radius 1 is 1.07 bits per heavy atom. The molecule has 28 heavy (non-hydrogen) atoms. The first-order valence-electron chi connectivity index (χ1n) is 11.6. The lowest BCUT2D eigenvalue weighted by atomic mass is 9.81. The first-order chi connectivity index (χ1) is 13.7. The molecule has 2 atom stereocenters. The van der Waals surface area contributed by atoms with Crippen LogP contribution in [0.2, 0.25) is 0 Å². The van der Waals surface area contributed by atoms with Gasteiger partial charge in [0.1, 0.15) is 0 Å². The number of hydrogen-bond donors (Lipinski definition) is 1. The highest BCUT2D eigenvalue weighted by atomic mass is 16.5. The molecule has 160 valence electrons. The van der Waals surface area contributed by atoms with E-state index in [2.05, 4.69) is 24.1 Å². The summed E-state index contributed by atoms with van der Waals surface area (Å²) in [7, 11) is 0. The minimum absolute atomic E-state index is 0.168. The van der Waals surface area contributed by atoms with Gasteiger partial charge in [-0.3, -0.25) is 9.79 Å². The van der Waals surface area contributed by atoms with Gasteiger partial charge in [-0.25, -0.2) is 0 Å². The van der Waals surface area contributed by atoms with Crippen LogP contribution < -0.4 is 5.32 Å². The Bertz CT molecular complexity index is 511. The molecule has 6 nitrogen and oxygen atoms in total. The standard InChI is InChI=1S/C22H40N4O2/c1-3-23-22(24-10-7-19-6-4-5-18(2)17-19)26-11-8-20(9-12-26)21(27)25-13-15-28-16-14-25/h18-20H,3-17H2,1-2H3,(H,23,24). The van der Waals surface area contributed by atoms with Crippen molar-refractivity contribution in [2.45, 2.75) is 58.8 Å². The fourth-order valence-corrected chi connectivity index (χ4v) is 4.98. The molecule has 1 N–H and O–H groups in total. The molecular weight excluding hydrogens is 352 g/mol. The highest BCUT2D eigenvalue weighted by Gasteiger charge is 2.30. The van der Waals surface area contributed by atoms with E-state index in [1.54, 1.807) is 0 Å². The van der Waals surface area contributed by atoms with Crippen molar-refractivity contribution in [3.8, 4) is 0 Å². The van der Waals surface area contributed by atoms with E-state index in [1.165, 1.54) is 32.1 Å². The molecular formula is C22H40N4O2. The molecule has 0 aromatic rings. The molecule has 3 rings (SSSR count). The molecule has 2 saturated heterocycles. The third-order valence-electron chi connectivity index (χ3n) is 6.65. The Hall–Kier alpha value is -1.30. The highest BCUT2D eigenvalue weighted by molar-refractivity contribution is 5.81. The molecule has 0 spiro atoms. The van der Waals surface area contributed by atoms with Crippen molar-refractivity contribution in [3.63, 3.8) is 0 Å². The van der Waals surface area contributed by atoms with Crippen molar-refractivity contribution in [3.05, 3.63) is 0 Å². The summed E-state index contributed by atoms with van der Waals surface area (Å²) in [5, 5.41) is 3.47. The molecule has 1 amide bonds. The van der Waals surface area contributed by atoms with Gasteiger partial charge in [0.15, 0.2) is 5.96 Å². The number of guanidine groups is 1. The monoisotopic (exact) mass is 392 g/mol. The second-order valence-corrected chi connectivity index (χ2v) is 8.86. The third kappa shape index (κ3) is 6.10. The number of ether oxygens (including phenoxy) is 1. The maximum Gasteiger partial charge on any atom is 0.225 e. The van der Waals surface area contributed by atoms with Crippen LogP contribution in [0.4, 0.5) is 0 Å². The molecule has 1 saturated carbocycles. The number of piperidine rings is 1. The van der Waals surface area contributed by atoms with Gasteiger partial charge in [-0.1, -0.05) is 26.2 Å². The Balaban J connectivity index is 1.46. The van der Waals surface area contributed by atoms with E-state index in [4.69, 9.17) is 9.73 Å². The maximum absolute atomic E-state index is 12.7. The second-order valence-electron chi connectivity index (χ2n) is 8.86. The number of amides is 1. The number of likely N-dealkylation sites (tertiary alicyclic amines) is 1. The van der Waals surface area contributed by atoms with Gasteiger partial charge in [-0.05, 0) is 44.4 Å². The van der Waals surface area contributed by atoms with Crippen LogP contribution in [0.1, 0.15) is 58.8 Å². The topological polar surface area (TPSA) is 57.2 Å². The Kier molecular flexibility index (Phi) is 8.44. The fraction of sp³-hybridized carbons (Fsp3) is 0.909. The van der Waals surface area contributed by atoms with Crippen molar-refractivity contribution in [1.82, 2.24) is 15.1 Å². The van der Waals surface area contributed by atoms with Crippen molar-refractivity contribution in [1.29, 1.82) is 0 Å². The fourth-order valence-electron chi connectivity index (χ4n) is 4.98. The first kappa shape index (κ1) is 21.4. The SMILES string of the molecule is CCNC(=NCCC1CCCC(C)C1)N1CCC(C(=O)N2CCOCC2)CC1. The van der Waals surface area contributed by atoms with Crippen molar-refractivity contribution in [2.75, 3.05) is 52.5 Å². The molecule has 0 aromatic heterocycles. The molecule has 2 heterocycles. The predicted molar refractivity (Wildman–Crippen MR) is 113 cm³/mol. The lowest BCUT2D eigenvalue weighted by Gasteiger charge is -2.36. The summed E-state index contributed by atoms with van der Waals surface area (Å²) in [6, 6.07) is 0. The van der Waals surface area contributed by atoms with Crippen LogP contribution in [0.5, 0.6) is 0 Å². The summed E-state index contributed by atoms with van der Waals surface area (Å²) in [5.41, 5.74) is 0. The summed E-state index contributed by atoms with van der Waals surface area (Å²) in [6.45, 7) is 11.1. The molecule has 2 aliphatic heterocycles. The van der Waals surface area contributed by atoms with Gasteiger partial charge < -0.3 is 19.9 Å². The van der Waals surface area contributed by atoms with Crippen LogP contribution in [0.25, 0.3) is 0 Å². The molecule has 1 aliphatic carbocycles. The van der Waals surface area contributed by atoms with E-state index >= 15 is 0 Å². The summed E-state index contributed by atoms with van der Waals surface area (Å²) < 4.78 is 5.37. The van der Waals surface area contributed by atoms with Crippen LogP contribution in [-0.4, -0.2) is 74.1 Å². The zero-order chi connectivity index (χ0) is 19.8. The van der Waals surface area contributed by atoms with E-state index in [-0.39, 0.29) is 5.92 Å². The van der Waals surface area contributed by atoms with Crippen LogP contribution in [0, 0.1) is 17.8 Å². The minimum atomic E-state index is 0.168. The van der Waals surface area contributed by atoms with Gasteiger partial charge in [-0.15, -0.1) is 0 Å². The molecule has 0 radical (unpaired) electrons. The number of hydrogen-bond acceptors (Lipinski definition) is 3. The summed E-state index contributed by atoms with van der Waals surface area (Å²) >= 11 is 0. The number of carbonyl (C=O) groups is 1. The Morgan fingerprint density at radius 2 is 1.82 bits per heavy atom. The normalized spacial score (nSPS) is 27.7. The van der Waals surface area contributed by atoms with Gasteiger partial charge in [0.25, 0.3) is 0 Å². The van der Waals surface area contributed by atoms with Crippen LogP contribution >= 0.6 is 0 Å². The van der Waals surface area contributed by atoms with Gasteiger partial charge in [0.2, 0.25) is 5.91 Å². The number of nitrogens with zero attached hydrogens (tertiary/aromatic N) is 3. The van der Waals surface area contributed by atoms with E-state index in [0.717, 1.165) is 69.9 Å². The smallest absolute Gasteiger partial charge is 0.225 e. The molecule has 3 fully saturated rings. The van der Waals surface area contributed by atoms with Crippen molar-refractivity contribution < 1.29 is 9.53 Å². The van der Waals surface area contributed by atoms with Crippen LogP contribution in [0.15, 0.2) is 4.99 Å². The average molecular weight is 393 g/mol. The lowest BCUT2D eigenvalue weighted by molar-refractivity contribution is -0.140. The molecule has 0 aromatic carbocycles. The van der Waals surface area contributed by atoms with Gasteiger partial charge in [-0.2, -0.15) is 0 Å². The first-order valence-corrected chi connectivity index (χ1v) is 11.6. The Morgan fingerprint density at radius 3 is 2.50 bits per heavy atom. The van der Waals surface area contributed by atoms with Crippen LogP contribution in [-0.2, 0) is 9.53 Å². The lowest BCUT2D eigenvalue weighted by Crippen LogP contribution is -2.50. The van der Waals surface area contributed by atoms with Gasteiger partial charge in [0.05, 0.1) is 13.2 Å². The van der Waals surface area contributed by atoms with Crippen molar-refractivity contribution in [2.24, 2.45) is 22.7 Å². The van der Waals surface area contributed by atoms with E-state index in [1.807, 2.05) is 4.90 Å². The average Bonchev–Trinajstić information content (AvgIpc) is 2.73. The molecule has 3 aliphatic rings. The molecule has 0 bridgehead atoms. The largest absolute Gasteiger partial charge is 0.378 e. The summed E-state index contributed by atoms with van der Waals surface area (Å²) in [6.07, 6.45) is 8.63. The number of rotatable bonds is 5. The van der Waals surface area contributed by atoms with E-state index in [9.17, 15) is 4.79 Å². The van der Waals surface area contributed by atoms with E-state index < -0.39 is 0 Å². The second kappa shape index (κ2) is 11.0. The zero-order valence-corrected chi connectivity index (χ0v) is 18.0. The summed E-state index contributed by atoms with van der Waals surface area (Å²) in [5.74, 6) is 3.28. The Labute approximate surface area is 171 Å². The number of carbonyl (C=O) groups excluding carboxylic acids is 1. The van der Waals surface area contributed by atoms with Crippen LogP contribution in [0.3, 0.4) is 0 Å².